The Labute approximate surface area is 86.2 Å². The molecule has 0 spiro atoms. The molecule has 0 saturated heterocycles. The van der Waals surface area contributed by atoms with Crippen molar-refractivity contribution in [3.05, 3.63) is 40.6 Å². The van der Waals surface area contributed by atoms with Gasteiger partial charge in [-0.05, 0) is 12.1 Å². The standard InChI is InChI=1S/C11H11NO3/c1-2-9-10(12-11(14)15-9)7-4-3-5-8(13)6-7/h3-6,13H,2H2,1H3,(H,12,14). The van der Waals surface area contributed by atoms with E-state index in [2.05, 4.69) is 4.98 Å². The van der Waals surface area contributed by atoms with E-state index in [1.54, 1.807) is 24.3 Å². The van der Waals surface area contributed by atoms with Gasteiger partial charge in [0.15, 0.2) is 0 Å². The van der Waals surface area contributed by atoms with E-state index >= 15 is 0 Å². The number of benzene rings is 1. The number of oxazole rings is 1. The fraction of sp³-hybridized carbons (Fsp3) is 0.182. The third-order valence-electron chi connectivity index (χ3n) is 2.18. The first kappa shape index (κ1) is 9.58. The quantitative estimate of drug-likeness (QED) is 0.786. The number of aromatic nitrogens is 1. The molecule has 1 aromatic heterocycles. The molecular weight excluding hydrogens is 194 g/mol. The third-order valence-corrected chi connectivity index (χ3v) is 2.18. The van der Waals surface area contributed by atoms with E-state index < -0.39 is 5.76 Å². The smallest absolute Gasteiger partial charge is 0.416 e. The molecule has 15 heavy (non-hydrogen) atoms. The van der Waals surface area contributed by atoms with Crippen LogP contribution in [0.2, 0.25) is 0 Å². The maximum Gasteiger partial charge on any atom is 0.416 e. The summed E-state index contributed by atoms with van der Waals surface area (Å²) >= 11 is 0. The predicted molar refractivity (Wildman–Crippen MR) is 55.8 cm³/mol. The second-order valence-corrected chi connectivity index (χ2v) is 3.22. The molecule has 0 atom stereocenters. The number of hydrogen-bond donors (Lipinski definition) is 2. The van der Waals surface area contributed by atoms with Crippen LogP contribution in [0.5, 0.6) is 5.75 Å². The summed E-state index contributed by atoms with van der Waals surface area (Å²) in [6.45, 7) is 1.90. The average Bonchev–Trinajstić information content (AvgIpc) is 2.59. The topological polar surface area (TPSA) is 66.2 Å². The Morgan fingerprint density at radius 2 is 2.27 bits per heavy atom. The zero-order valence-electron chi connectivity index (χ0n) is 8.28. The highest BCUT2D eigenvalue weighted by Crippen LogP contribution is 2.24. The molecule has 0 saturated carbocycles. The van der Waals surface area contributed by atoms with E-state index in [0.29, 0.717) is 17.9 Å². The van der Waals surface area contributed by atoms with Crippen molar-refractivity contribution in [1.29, 1.82) is 0 Å². The Morgan fingerprint density at radius 3 is 2.93 bits per heavy atom. The maximum atomic E-state index is 11.0. The van der Waals surface area contributed by atoms with Crippen LogP contribution in [0.1, 0.15) is 12.7 Å². The third kappa shape index (κ3) is 1.79. The van der Waals surface area contributed by atoms with Gasteiger partial charge < -0.3 is 9.52 Å². The van der Waals surface area contributed by atoms with Gasteiger partial charge in [-0.25, -0.2) is 4.79 Å². The van der Waals surface area contributed by atoms with Crippen molar-refractivity contribution in [3.8, 4) is 17.0 Å². The average molecular weight is 205 g/mol. The van der Waals surface area contributed by atoms with Gasteiger partial charge in [-0.1, -0.05) is 19.1 Å². The van der Waals surface area contributed by atoms with Crippen molar-refractivity contribution in [2.75, 3.05) is 0 Å². The lowest BCUT2D eigenvalue weighted by molar-refractivity contribution is 0.474. The molecule has 0 radical (unpaired) electrons. The molecule has 1 aromatic carbocycles. The molecule has 2 N–H and O–H groups in total. The largest absolute Gasteiger partial charge is 0.508 e. The molecule has 0 aliphatic carbocycles. The monoisotopic (exact) mass is 205 g/mol. The lowest BCUT2D eigenvalue weighted by Gasteiger charge is -1.99. The Bertz CT molecular complexity index is 525. The fourth-order valence-corrected chi connectivity index (χ4v) is 1.50. The Kier molecular flexibility index (Phi) is 2.33. The molecule has 1 heterocycles. The first-order valence-electron chi connectivity index (χ1n) is 4.72. The molecule has 4 heteroatoms. The molecule has 0 fully saturated rings. The van der Waals surface area contributed by atoms with Gasteiger partial charge in [0, 0.05) is 12.0 Å². The second kappa shape index (κ2) is 3.65. The number of H-pyrrole nitrogens is 1. The minimum absolute atomic E-state index is 0.164. The number of rotatable bonds is 2. The van der Waals surface area contributed by atoms with Crippen molar-refractivity contribution in [2.24, 2.45) is 0 Å². The summed E-state index contributed by atoms with van der Waals surface area (Å²) in [6.07, 6.45) is 0.629. The minimum Gasteiger partial charge on any atom is -0.508 e. The van der Waals surface area contributed by atoms with Crippen LogP contribution in [0.4, 0.5) is 0 Å². The van der Waals surface area contributed by atoms with E-state index in [4.69, 9.17) is 4.42 Å². The van der Waals surface area contributed by atoms with Gasteiger partial charge in [0.05, 0.1) is 5.69 Å². The first-order chi connectivity index (χ1) is 7.20. The van der Waals surface area contributed by atoms with Crippen molar-refractivity contribution in [2.45, 2.75) is 13.3 Å². The lowest BCUT2D eigenvalue weighted by Crippen LogP contribution is -1.94. The summed E-state index contributed by atoms with van der Waals surface area (Å²) in [5.74, 6) is 0.299. The van der Waals surface area contributed by atoms with Crippen LogP contribution in [0.15, 0.2) is 33.5 Å². The molecule has 4 nitrogen and oxygen atoms in total. The highest BCUT2D eigenvalue weighted by Gasteiger charge is 2.10. The number of aromatic amines is 1. The summed E-state index contributed by atoms with van der Waals surface area (Å²) in [5, 5.41) is 9.32. The molecule has 0 unspecified atom stereocenters. The molecule has 0 amide bonds. The normalized spacial score (nSPS) is 10.5. The number of phenols is 1. The van der Waals surface area contributed by atoms with Crippen molar-refractivity contribution in [3.63, 3.8) is 0 Å². The second-order valence-electron chi connectivity index (χ2n) is 3.22. The maximum absolute atomic E-state index is 11.0. The summed E-state index contributed by atoms with van der Waals surface area (Å²) in [4.78, 5) is 13.6. The first-order valence-corrected chi connectivity index (χ1v) is 4.72. The minimum atomic E-state index is -0.467. The van der Waals surface area contributed by atoms with E-state index in [1.165, 1.54) is 0 Å². The van der Waals surface area contributed by atoms with Crippen LogP contribution in [0, 0.1) is 0 Å². The predicted octanol–water partition coefficient (Wildman–Crippen LogP) is 1.90. The molecule has 0 aliphatic heterocycles. The van der Waals surface area contributed by atoms with Crippen LogP contribution in [0.25, 0.3) is 11.3 Å². The van der Waals surface area contributed by atoms with Crippen molar-refractivity contribution < 1.29 is 9.52 Å². The zero-order valence-corrected chi connectivity index (χ0v) is 8.28. The van der Waals surface area contributed by atoms with Crippen LogP contribution >= 0.6 is 0 Å². The van der Waals surface area contributed by atoms with Crippen LogP contribution in [0.3, 0.4) is 0 Å². The highest BCUT2D eigenvalue weighted by atomic mass is 16.4. The molecule has 2 aromatic rings. The molecule has 0 aliphatic rings. The van der Waals surface area contributed by atoms with Crippen molar-refractivity contribution >= 4 is 0 Å². The Balaban J connectivity index is 2.57. The Morgan fingerprint density at radius 1 is 1.47 bits per heavy atom. The van der Waals surface area contributed by atoms with Gasteiger partial charge in [0.1, 0.15) is 11.5 Å². The van der Waals surface area contributed by atoms with Crippen LogP contribution in [-0.4, -0.2) is 10.1 Å². The summed E-state index contributed by atoms with van der Waals surface area (Å²) < 4.78 is 4.97. The van der Waals surface area contributed by atoms with Crippen LogP contribution < -0.4 is 5.76 Å². The van der Waals surface area contributed by atoms with Crippen LogP contribution in [-0.2, 0) is 6.42 Å². The van der Waals surface area contributed by atoms with E-state index in [9.17, 15) is 9.90 Å². The van der Waals surface area contributed by atoms with Gasteiger partial charge in [0.2, 0.25) is 0 Å². The molecule has 2 rings (SSSR count). The number of nitrogens with one attached hydrogen (secondary N) is 1. The fourth-order valence-electron chi connectivity index (χ4n) is 1.50. The van der Waals surface area contributed by atoms with E-state index in [1.807, 2.05) is 6.92 Å². The van der Waals surface area contributed by atoms with Gasteiger partial charge in [-0.3, -0.25) is 4.98 Å². The van der Waals surface area contributed by atoms with Gasteiger partial charge >= 0.3 is 5.76 Å². The van der Waals surface area contributed by atoms with E-state index in [0.717, 1.165) is 5.56 Å². The molecule has 0 bridgehead atoms. The summed E-state index contributed by atoms with van der Waals surface area (Å²) in [5.41, 5.74) is 1.39. The van der Waals surface area contributed by atoms with Gasteiger partial charge in [0.25, 0.3) is 0 Å². The van der Waals surface area contributed by atoms with Crippen molar-refractivity contribution in [1.82, 2.24) is 4.98 Å². The number of aromatic hydroxyl groups is 1. The molecular formula is C11H11NO3. The number of hydrogen-bond acceptors (Lipinski definition) is 3. The molecule has 78 valence electrons. The van der Waals surface area contributed by atoms with Gasteiger partial charge in [-0.15, -0.1) is 0 Å². The SMILES string of the molecule is CCc1oc(=O)[nH]c1-c1cccc(O)c1. The lowest BCUT2D eigenvalue weighted by atomic mass is 10.1. The highest BCUT2D eigenvalue weighted by molar-refractivity contribution is 5.62. The summed E-state index contributed by atoms with van der Waals surface area (Å²) in [6, 6.07) is 6.68. The number of aryl methyl sites for hydroxylation is 1. The summed E-state index contributed by atoms with van der Waals surface area (Å²) in [7, 11) is 0. The van der Waals surface area contributed by atoms with E-state index in [-0.39, 0.29) is 5.75 Å². The Hall–Kier alpha value is -1.97. The van der Waals surface area contributed by atoms with Gasteiger partial charge in [-0.2, -0.15) is 0 Å². The number of phenolic OH excluding ortho intramolecular Hbond substituents is 1. The zero-order chi connectivity index (χ0) is 10.8.